The lowest BCUT2D eigenvalue weighted by Gasteiger charge is -2.37. The number of pyridine rings is 1. The van der Waals surface area contributed by atoms with Gasteiger partial charge in [0.05, 0.1) is 5.92 Å². The largest absolute Gasteiger partial charge is 0.354 e. The molecule has 2 aliphatic rings. The van der Waals surface area contributed by atoms with Crippen LogP contribution in [0.2, 0.25) is 0 Å². The molecule has 1 amide bonds. The van der Waals surface area contributed by atoms with Crippen molar-refractivity contribution in [3.8, 4) is 0 Å². The highest BCUT2D eigenvalue weighted by atomic mass is 16.1. The molecule has 3 rings (SSSR count). The smallest absolute Gasteiger partial charge is 0.225 e. The number of nitrogens with zero attached hydrogens (tertiary/aromatic N) is 3. The van der Waals surface area contributed by atoms with Gasteiger partial charge in [0.2, 0.25) is 5.91 Å². The lowest BCUT2D eigenvalue weighted by molar-refractivity contribution is -0.128. The number of piperazine rings is 1. The quantitative estimate of drug-likeness (QED) is 0.862. The molecule has 6 heteroatoms. The van der Waals surface area contributed by atoms with E-state index in [1.54, 1.807) is 0 Å². The Morgan fingerprint density at radius 3 is 2.72 bits per heavy atom. The van der Waals surface area contributed by atoms with Crippen molar-refractivity contribution >= 4 is 11.7 Å². The number of hydrogen-bond acceptors (Lipinski definition) is 5. The summed E-state index contributed by atoms with van der Waals surface area (Å²) in [6.07, 6.45) is 5.89. The monoisotopic (exact) mass is 345 g/mol. The second-order valence-electron chi connectivity index (χ2n) is 7.84. The highest BCUT2D eigenvalue weighted by Crippen LogP contribution is 2.31. The van der Waals surface area contributed by atoms with E-state index >= 15 is 0 Å². The van der Waals surface area contributed by atoms with Gasteiger partial charge in [-0.15, -0.1) is 0 Å². The van der Waals surface area contributed by atoms with Crippen LogP contribution in [0, 0.1) is 5.92 Å². The maximum Gasteiger partial charge on any atom is 0.225 e. The van der Waals surface area contributed by atoms with Crippen molar-refractivity contribution in [2.24, 2.45) is 11.7 Å². The van der Waals surface area contributed by atoms with Gasteiger partial charge in [-0.25, -0.2) is 4.98 Å². The molecule has 25 heavy (non-hydrogen) atoms. The molecule has 2 unspecified atom stereocenters. The van der Waals surface area contributed by atoms with E-state index in [1.807, 2.05) is 13.1 Å². The highest BCUT2D eigenvalue weighted by Gasteiger charge is 2.37. The zero-order valence-electron chi connectivity index (χ0n) is 15.5. The number of carbonyl (C=O) groups is 1. The van der Waals surface area contributed by atoms with Crippen LogP contribution in [-0.2, 0) is 11.3 Å². The summed E-state index contributed by atoms with van der Waals surface area (Å²) in [5.74, 6) is 1.01. The van der Waals surface area contributed by atoms with Gasteiger partial charge in [0.25, 0.3) is 0 Å². The summed E-state index contributed by atoms with van der Waals surface area (Å²) in [5.41, 5.74) is 6.97. The third kappa shape index (κ3) is 4.50. The van der Waals surface area contributed by atoms with Crippen molar-refractivity contribution < 1.29 is 4.79 Å². The topological polar surface area (TPSA) is 74.5 Å². The van der Waals surface area contributed by atoms with Crippen LogP contribution >= 0.6 is 0 Å². The van der Waals surface area contributed by atoms with Gasteiger partial charge in [-0.1, -0.05) is 18.9 Å². The number of rotatable bonds is 4. The third-order valence-electron chi connectivity index (χ3n) is 5.67. The molecule has 1 saturated heterocycles. The molecule has 3 N–H and O–H groups in total. The number of hydrogen-bond donors (Lipinski definition) is 2. The van der Waals surface area contributed by atoms with Gasteiger partial charge >= 0.3 is 0 Å². The van der Waals surface area contributed by atoms with E-state index < -0.39 is 0 Å². The minimum Gasteiger partial charge on any atom is -0.354 e. The van der Waals surface area contributed by atoms with Crippen LogP contribution in [0.4, 0.5) is 5.82 Å². The van der Waals surface area contributed by atoms with Gasteiger partial charge in [0, 0.05) is 44.5 Å². The van der Waals surface area contributed by atoms with E-state index in [0.717, 1.165) is 63.2 Å². The molecule has 0 spiro atoms. The Hall–Kier alpha value is -1.66. The van der Waals surface area contributed by atoms with Gasteiger partial charge in [0.1, 0.15) is 5.82 Å². The minimum atomic E-state index is -0.383. The summed E-state index contributed by atoms with van der Waals surface area (Å²) in [5, 5.41) is 3.05. The van der Waals surface area contributed by atoms with Crippen LogP contribution in [-0.4, -0.2) is 54.6 Å². The maximum atomic E-state index is 12.5. The molecule has 2 heterocycles. The minimum absolute atomic E-state index is 0.0767. The summed E-state index contributed by atoms with van der Waals surface area (Å²) in [4.78, 5) is 21.7. The molecule has 1 aliphatic heterocycles. The molecular formula is C19H31N5O. The van der Waals surface area contributed by atoms with Crippen LogP contribution in [0.1, 0.15) is 38.2 Å². The van der Waals surface area contributed by atoms with Crippen molar-refractivity contribution in [3.63, 3.8) is 0 Å². The van der Waals surface area contributed by atoms with Crippen LogP contribution in [0.5, 0.6) is 0 Å². The molecule has 2 atom stereocenters. The van der Waals surface area contributed by atoms with E-state index in [2.05, 4.69) is 39.3 Å². The first-order chi connectivity index (χ1) is 12.0. The lowest BCUT2D eigenvalue weighted by Crippen LogP contribution is -2.52. The molecule has 0 radical (unpaired) electrons. The predicted octanol–water partition coefficient (Wildman–Crippen LogP) is 1.36. The van der Waals surface area contributed by atoms with Gasteiger partial charge in [0.15, 0.2) is 0 Å². The van der Waals surface area contributed by atoms with Crippen molar-refractivity contribution in [1.29, 1.82) is 0 Å². The Balaban J connectivity index is 1.52. The van der Waals surface area contributed by atoms with Crippen LogP contribution in [0.25, 0.3) is 0 Å². The molecule has 0 aromatic carbocycles. The summed E-state index contributed by atoms with van der Waals surface area (Å²) in [7, 11) is 2.15. The second-order valence-corrected chi connectivity index (χ2v) is 7.84. The highest BCUT2D eigenvalue weighted by molar-refractivity contribution is 5.80. The van der Waals surface area contributed by atoms with Crippen LogP contribution in [0.15, 0.2) is 18.3 Å². The maximum absolute atomic E-state index is 12.5. The van der Waals surface area contributed by atoms with Gasteiger partial charge in [-0.3, -0.25) is 4.79 Å². The first kappa shape index (κ1) is 18.1. The molecule has 138 valence electrons. The lowest BCUT2D eigenvalue weighted by atomic mass is 9.74. The molecule has 1 aromatic heterocycles. The third-order valence-corrected chi connectivity index (χ3v) is 5.67. The fourth-order valence-corrected chi connectivity index (χ4v) is 3.85. The molecule has 1 saturated carbocycles. The summed E-state index contributed by atoms with van der Waals surface area (Å²) >= 11 is 0. The first-order valence-electron chi connectivity index (χ1n) is 9.41. The van der Waals surface area contributed by atoms with Crippen molar-refractivity contribution in [1.82, 2.24) is 15.2 Å². The number of aromatic nitrogens is 1. The SMILES string of the molecule is CN1CCN(c2ccc(CNC(=O)C3CCCCC3(C)N)cn2)CC1. The zero-order valence-corrected chi connectivity index (χ0v) is 15.5. The standard InChI is InChI=1S/C19H31N5O/c1-19(20)8-4-3-5-16(19)18(25)22-14-15-6-7-17(21-13-15)24-11-9-23(2)10-12-24/h6-7,13,16H,3-5,8-12,14,20H2,1-2H3,(H,22,25). The summed E-state index contributed by atoms with van der Waals surface area (Å²) in [6.45, 7) is 6.67. The van der Waals surface area contributed by atoms with Gasteiger partial charge in [-0.05, 0) is 38.4 Å². The van der Waals surface area contributed by atoms with Crippen molar-refractivity contribution in [2.75, 3.05) is 38.1 Å². The zero-order chi connectivity index (χ0) is 17.9. The van der Waals surface area contributed by atoms with Crippen LogP contribution in [0.3, 0.4) is 0 Å². The van der Waals surface area contributed by atoms with E-state index in [-0.39, 0.29) is 17.4 Å². The first-order valence-corrected chi connectivity index (χ1v) is 9.41. The molecule has 2 fully saturated rings. The second kappa shape index (κ2) is 7.70. The Bertz CT molecular complexity index is 578. The van der Waals surface area contributed by atoms with E-state index in [9.17, 15) is 4.79 Å². The fourth-order valence-electron chi connectivity index (χ4n) is 3.85. The van der Waals surface area contributed by atoms with E-state index in [1.165, 1.54) is 0 Å². The van der Waals surface area contributed by atoms with Gasteiger partial charge < -0.3 is 20.9 Å². The molecule has 1 aromatic rings. The molecule has 0 bridgehead atoms. The summed E-state index contributed by atoms with van der Waals surface area (Å²) in [6, 6.07) is 4.11. The number of nitrogens with two attached hydrogens (primary N) is 1. The molecule has 1 aliphatic carbocycles. The van der Waals surface area contributed by atoms with E-state index in [4.69, 9.17) is 5.73 Å². The average Bonchev–Trinajstić information content (AvgIpc) is 2.60. The number of nitrogens with one attached hydrogen (secondary N) is 1. The number of amides is 1. The Morgan fingerprint density at radius 2 is 2.08 bits per heavy atom. The van der Waals surface area contributed by atoms with Crippen molar-refractivity contribution in [3.05, 3.63) is 23.9 Å². The van der Waals surface area contributed by atoms with Crippen molar-refractivity contribution in [2.45, 2.75) is 44.7 Å². The van der Waals surface area contributed by atoms with E-state index in [0.29, 0.717) is 6.54 Å². The predicted molar refractivity (Wildman–Crippen MR) is 100 cm³/mol. The Labute approximate surface area is 150 Å². The fraction of sp³-hybridized carbons (Fsp3) is 0.684. The van der Waals surface area contributed by atoms with Gasteiger partial charge in [-0.2, -0.15) is 0 Å². The molecular weight excluding hydrogens is 314 g/mol. The number of carbonyl (C=O) groups excluding carboxylic acids is 1. The number of anilines is 1. The molecule has 6 nitrogen and oxygen atoms in total. The summed E-state index contributed by atoms with van der Waals surface area (Å²) < 4.78 is 0. The Morgan fingerprint density at radius 1 is 1.32 bits per heavy atom. The average molecular weight is 345 g/mol. The van der Waals surface area contributed by atoms with Crippen LogP contribution < -0.4 is 16.0 Å². The number of likely N-dealkylation sites (N-methyl/N-ethyl adjacent to an activating group) is 1. The Kier molecular flexibility index (Phi) is 5.59. The normalized spacial score (nSPS) is 28.0.